The summed E-state index contributed by atoms with van der Waals surface area (Å²) < 4.78 is 0.732. The highest BCUT2D eigenvalue weighted by molar-refractivity contribution is 9.10. The second kappa shape index (κ2) is 5.38. The first-order valence-corrected chi connectivity index (χ1v) is 6.67. The lowest BCUT2D eigenvalue weighted by atomic mass is 10.2. The Hall–Kier alpha value is -0.580. The van der Waals surface area contributed by atoms with Gasteiger partial charge in [-0.15, -0.1) is 0 Å². The number of aliphatic hydroxyl groups excluding tert-OH is 1. The van der Waals surface area contributed by atoms with Crippen molar-refractivity contribution in [3.8, 4) is 0 Å². The van der Waals surface area contributed by atoms with E-state index in [1.807, 2.05) is 0 Å². The van der Waals surface area contributed by atoms with Gasteiger partial charge in [-0.25, -0.2) is 0 Å². The molecular formula is C12H13BrClNO2. The number of amides is 1. The minimum atomic E-state index is -0.0732. The van der Waals surface area contributed by atoms with Crippen molar-refractivity contribution < 1.29 is 9.90 Å². The largest absolute Gasteiger partial charge is 0.395 e. The maximum Gasteiger partial charge on any atom is 0.255 e. The normalized spacial score (nSPS) is 14.8. The highest BCUT2D eigenvalue weighted by Gasteiger charge is 2.33. The summed E-state index contributed by atoms with van der Waals surface area (Å²) in [5.74, 6) is -0.0732. The topological polar surface area (TPSA) is 40.5 Å². The number of hydrogen-bond donors (Lipinski definition) is 1. The lowest BCUT2D eigenvalue weighted by Gasteiger charge is -2.22. The predicted octanol–water partition coefficient (Wildman–Crippen LogP) is 2.70. The van der Waals surface area contributed by atoms with Crippen LogP contribution in [0.3, 0.4) is 0 Å². The number of hydrogen-bond acceptors (Lipinski definition) is 2. The molecule has 1 N–H and O–H groups in total. The Morgan fingerprint density at radius 3 is 2.82 bits per heavy atom. The number of carbonyl (C=O) groups excluding carboxylic acids is 1. The molecule has 0 aromatic heterocycles. The van der Waals surface area contributed by atoms with E-state index in [1.165, 1.54) is 0 Å². The third-order valence-corrected chi connectivity index (χ3v) is 3.67. The van der Waals surface area contributed by atoms with Gasteiger partial charge in [-0.05, 0) is 47.0 Å². The summed E-state index contributed by atoms with van der Waals surface area (Å²) in [5, 5.41) is 9.54. The molecule has 1 aliphatic rings. The summed E-state index contributed by atoms with van der Waals surface area (Å²) in [7, 11) is 0. The van der Waals surface area contributed by atoms with Crippen LogP contribution in [0.4, 0.5) is 0 Å². The van der Waals surface area contributed by atoms with E-state index in [0.717, 1.165) is 17.3 Å². The van der Waals surface area contributed by atoms with Crippen molar-refractivity contribution in [2.24, 2.45) is 0 Å². The molecule has 0 unspecified atom stereocenters. The fourth-order valence-electron chi connectivity index (χ4n) is 1.76. The van der Waals surface area contributed by atoms with Crippen molar-refractivity contribution in [3.63, 3.8) is 0 Å². The number of halogens is 2. The summed E-state index contributed by atoms with van der Waals surface area (Å²) in [4.78, 5) is 14.0. The summed E-state index contributed by atoms with van der Waals surface area (Å²) in [6.45, 7) is 0.364. The first-order chi connectivity index (χ1) is 8.13. The molecule has 0 bridgehead atoms. The first-order valence-electron chi connectivity index (χ1n) is 5.50. The molecule has 3 nitrogen and oxygen atoms in total. The fraction of sp³-hybridized carbons (Fsp3) is 0.417. The molecule has 0 radical (unpaired) electrons. The minimum Gasteiger partial charge on any atom is -0.395 e. The van der Waals surface area contributed by atoms with Gasteiger partial charge < -0.3 is 10.0 Å². The Labute approximate surface area is 114 Å². The third-order valence-electron chi connectivity index (χ3n) is 2.75. The Morgan fingerprint density at radius 1 is 1.53 bits per heavy atom. The van der Waals surface area contributed by atoms with Gasteiger partial charge in [0.2, 0.25) is 0 Å². The second-order valence-electron chi connectivity index (χ2n) is 4.08. The van der Waals surface area contributed by atoms with E-state index in [9.17, 15) is 4.79 Å². The number of benzene rings is 1. The van der Waals surface area contributed by atoms with Crippen molar-refractivity contribution in [3.05, 3.63) is 33.3 Å². The van der Waals surface area contributed by atoms with Gasteiger partial charge in [-0.1, -0.05) is 11.6 Å². The van der Waals surface area contributed by atoms with Crippen LogP contribution in [0.15, 0.2) is 22.7 Å². The van der Waals surface area contributed by atoms with Crippen LogP contribution in [0.25, 0.3) is 0 Å². The Kier molecular flexibility index (Phi) is 4.07. The van der Waals surface area contributed by atoms with Gasteiger partial charge in [0.15, 0.2) is 0 Å². The highest BCUT2D eigenvalue weighted by Crippen LogP contribution is 2.30. The minimum absolute atomic E-state index is 0.0135. The van der Waals surface area contributed by atoms with Crippen LogP contribution in [0.1, 0.15) is 23.2 Å². The van der Waals surface area contributed by atoms with Crippen molar-refractivity contribution in [1.82, 2.24) is 4.90 Å². The van der Waals surface area contributed by atoms with Gasteiger partial charge in [-0.2, -0.15) is 0 Å². The summed E-state index contributed by atoms with van der Waals surface area (Å²) in [5.41, 5.74) is 0.554. The molecule has 1 aliphatic carbocycles. The molecule has 0 heterocycles. The zero-order valence-electron chi connectivity index (χ0n) is 9.20. The zero-order valence-corrected chi connectivity index (χ0v) is 11.5. The molecule has 1 fully saturated rings. The molecule has 5 heteroatoms. The zero-order chi connectivity index (χ0) is 12.4. The average Bonchev–Trinajstić information content (AvgIpc) is 3.12. The number of aliphatic hydroxyl groups is 1. The first kappa shape index (κ1) is 12.9. The van der Waals surface area contributed by atoms with Crippen LogP contribution < -0.4 is 0 Å². The molecule has 0 atom stereocenters. The van der Waals surface area contributed by atoms with E-state index in [0.29, 0.717) is 17.1 Å². The van der Waals surface area contributed by atoms with Gasteiger partial charge in [0.05, 0.1) is 12.2 Å². The van der Waals surface area contributed by atoms with E-state index >= 15 is 0 Å². The number of rotatable bonds is 4. The molecule has 1 aromatic carbocycles. The smallest absolute Gasteiger partial charge is 0.255 e. The maximum atomic E-state index is 12.3. The van der Waals surface area contributed by atoms with Gasteiger partial charge in [0.25, 0.3) is 5.91 Å². The molecule has 92 valence electrons. The van der Waals surface area contributed by atoms with Crippen LogP contribution >= 0.6 is 27.5 Å². The van der Waals surface area contributed by atoms with Crippen molar-refractivity contribution in [1.29, 1.82) is 0 Å². The fourth-order valence-corrected chi connectivity index (χ4v) is 2.35. The molecular weight excluding hydrogens is 305 g/mol. The van der Waals surface area contributed by atoms with Crippen LogP contribution in [0.2, 0.25) is 5.02 Å². The summed E-state index contributed by atoms with van der Waals surface area (Å²) >= 11 is 9.25. The monoisotopic (exact) mass is 317 g/mol. The third kappa shape index (κ3) is 3.00. The average molecular weight is 319 g/mol. The Morgan fingerprint density at radius 2 is 2.24 bits per heavy atom. The SMILES string of the molecule is O=C(c1cc(Cl)ccc1Br)N(CCO)C1CC1. The highest BCUT2D eigenvalue weighted by atomic mass is 79.9. The van der Waals surface area contributed by atoms with E-state index in [1.54, 1.807) is 23.1 Å². The molecule has 0 aliphatic heterocycles. The lowest BCUT2D eigenvalue weighted by molar-refractivity contribution is 0.0706. The van der Waals surface area contributed by atoms with Gasteiger partial charge in [0, 0.05) is 22.1 Å². The molecule has 1 amide bonds. The maximum absolute atomic E-state index is 12.3. The van der Waals surface area contributed by atoms with E-state index in [-0.39, 0.29) is 18.6 Å². The number of nitrogens with zero attached hydrogens (tertiary/aromatic N) is 1. The quantitative estimate of drug-likeness (QED) is 0.927. The summed E-state index contributed by atoms with van der Waals surface area (Å²) in [6, 6.07) is 5.43. The second-order valence-corrected chi connectivity index (χ2v) is 5.37. The van der Waals surface area contributed by atoms with Crippen LogP contribution in [-0.4, -0.2) is 35.1 Å². The standard InChI is InChI=1S/C12H13BrClNO2/c13-11-4-1-8(14)7-10(11)12(17)15(5-6-16)9-2-3-9/h1,4,7,9,16H,2-3,5-6H2. The van der Waals surface area contributed by atoms with E-state index in [4.69, 9.17) is 16.7 Å². The molecule has 2 rings (SSSR count). The van der Waals surface area contributed by atoms with Crippen LogP contribution in [0.5, 0.6) is 0 Å². The van der Waals surface area contributed by atoms with Gasteiger partial charge in [0.1, 0.15) is 0 Å². The molecule has 0 spiro atoms. The van der Waals surface area contributed by atoms with Crippen LogP contribution in [0, 0.1) is 0 Å². The Balaban J connectivity index is 2.24. The van der Waals surface area contributed by atoms with Gasteiger partial charge in [-0.3, -0.25) is 4.79 Å². The molecule has 1 aromatic rings. The van der Waals surface area contributed by atoms with Crippen molar-refractivity contribution in [2.45, 2.75) is 18.9 Å². The molecule has 17 heavy (non-hydrogen) atoms. The molecule has 0 saturated heterocycles. The molecule has 1 saturated carbocycles. The van der Waals surface area contributed by atoms with Gasteiger partial charge >= 0.3 is 0 Å². The van der Waals surface area contributed by atoms with E-state index in [2.05, 4.69) is 15.9 Å². The number of carbonyl (C=O) groups is 1. The van der Waals surface area contributed by atoms with E-state index < -0.39 is 0 Å². The Bertz CT molecular complexity index is 435. The predicted molar refractivity (Wildman–Crippen MR) is 70.3 cm³/mol. The van der Waals surface area contributed by atoms with Crippen LogP contribution in [-0.2, 0) is 0 Å². The van der Waals surface area contributed by atoms with Crippen molar-refractivity contribution >= 4 is 33.4 Å². The van der Waals surface area contributed by atoms with Crippen molar-refractivity contribution in [2.75, 3.05) is 13.2 Å². The summed E-state index contributed by atoms with van der Waals surface area (Å²) in [6.07, 6.45) is 2.04. The lowest BCUT2D eigenvalue weighted by Crippen LogP contribution is -2.35.